The lowest BCUT2D eigenvalue weighted by atomic mass is 9.62. The summed E-state index contributed by atoms with van der Waals surface area (Å²) in [7, 11) is 0. The Bertz CT molecular complexity index is 650. The molecular formula is C17H19N3S. The van der Waals surface area contributed by atoms with Crippen LogP contribution in [0.1, 0.15) is 41.3 Å². The molecule has 0 bridgehead atoms. The van der Waals surface area contributed by atoms with Crippen molar-refractivity contribution in [3.63, 3.8) is 0 Å². The first-order valence-corrected chi connectivity index (χ1v) is 8.10. The molecule has 4 heteroatoms. The van der Waals surface area contributed by atoms with E-state index in [9.17, 15) is 5.26 Å². The van der Waals surface area contributed by atoms with Crippen molar-refractivity contribution < 1.29 is 0 Å². The smallest absolute Gasteiger partial charge is 0.109 e. The molecule has 0 saturated heterocycles. The highest BCUT2D eigenvalue weighted by Gasteiger charge is 2.46. The molecule has 1 aliphatic carbocycles. The van der Waals surface area contributed by atoms with Gasteiger partial charge >= 0.3 is 0 Å². The summed E-state index contributed by atoms with van der Waals surface area (Å²) in [5.41, 5.74) is 0.834. The lowest BCUT2D eigenvalue weighted by Gasteiger charge is -2.44. The zero-order chi connectivity index (χ0) is 14.9. The average Bonchev–Trinajstić information content (AvgIpc) is 2.90. The van der Waals surface area contributed by atoms with Gasteiger partial charge in [-0.25, -0.2) is 4.98 Å². The SMILES string of the molecule is Cc1cnc(C(C)NC2CC(C#N)(c3ccccc3)C2)s1. The van der Waals surface area contributed by atoms with Gasteiger partial charge in [-0.2, -0.15) is 5.26 Å². The van der Waals surface area contributed by atoms with Crippen LogP contribution in [0.15, 0.2) is 36.5 Å². The van der Waals surface area contributed by atoms with Crippen LogP contribution in [-0.2, 0) is 5.41 Å². The van der Waals surface area contributed by atoms with Crippen molar-refractivity contribution in [1.29, 1.82) is 5.26 Å². The maximum atomic E-state index is 9.57. The molecule has 1 aromatic heterocycles. The third-order valence-electron chi connectivity index (χ3n) is 4.23. The first-order valence-electron chi connectivity index (χ1n) is 7.28. The molecule has 0 radical (unpaired) electrons. The standard InChI is InChI=1S/C17H19N3S/c1-12-10-19-16(21-12)13(2)20-15-8-17(9-15,11-18)14-6-4-3-5-7-14/h3-7,10,13,15,20H,8-9H2,1-2H3. The summed E-state index contributed by atoms with van der Waals surface area (Å²) >= 11 is 1.74. The second kappa shape index (κ2) is 5.59. The van der Waals surface area contributed by atoms with Gasteiger partial charge in [-0.3, -0.25) is 0 Å². The highest BCUT2D eigenvalue weighted by molar-refractivity contribution is 7.11. The van der Waals surface area contributed by atoms with Crippen LogP contribution in [0.25, 0.3) is 0 Å². The van der Waals surface area contributed by atoms with Gasteiger partial charge in [-0.1, -0.05) is 30.3 Å². The molecule has 1 saturated carbocycles. The van der Waals surface area contributed by atoms with Crippen LogP contribution in [0, 0.1) is 18.3 Å². The first-order chi connectivity index (χ1) is 10.1. The van der Waals surface area contributed by atoms with Crippen molar-refractivity contribution >= 4 is 11.3 Å². The van der Waals surface area contributed by atoms with Gasteiger partial charge < -0.3 is 5.32 Å². The Balaban J connectivity index is 1.64. The van der Waals surface area contributed by atoms with Crippen LogP contribution < -0.4 is 5.32 Å². The minimum absolute atomic E-state index is 0.251. The summed E-state index contributed by atoms with van der Waals surface area (Å²) in [6.45, 7) is 4.22. The predicted octanol–water partition coefficient (Wildman–Crippen LogP) is 3.73. The summed E-state index contributed by atoms with van der Waals surface area (Å²) in [5, 5.41) is 14.3. The topological polar surface area (TPSA) is 48.7 Å². The summed E-state index contributed by atoms with van der Waals surface area (Å²) in [6, 6.07) is 13.3. The third kappa shape index (κ3) is 2.72. The second-order valence-electron chi connectivity index (χ2n) is 5.86. The van der Waals surface area contributed by atoms with Gasteiger partial charge in [0.05, 0.1) is 17.5 Å². The largest absolute Gasteiger partial charge is 0.305 e. The molecule has 2 aromatic rings. The summed E-state index contributed by atoms with van der Waals surface area (Å²) < 4.78 is 0. The number of hydrogen-bond donors (Lipinski definition) is 1. The van der Waals surface area contributed by atoms with Gasteiger partial charge in [0.2, 0.25) is 0 Å². The maximum Gasteiger partial charge on any atom is 0.109 e. The zero-order valence-corrected chi connectivity index (χ0v) is 13.2. The highest BCUT2D eigenvalue weighted by Crippen LogP contribution is 2.44. The zero-order valence-electron chi connectivity index (χ0n) is 12.3. The Morgan fingerprint density at radius 2 is 2.10 bits per heavy atom. The number of thiazole rings is 1. The fraction of sp³-hybridized carbons (Fsp3) is 0.412. The van der Waals surface area contributed by atoms with Crippen molar-refractivity contribution in [3.8, 4) is 6.07 Å². The van der Waals surface area contributed by atoms with Crippen LogP contribution >= 0.6 is 11.3 Å². The van der Waals surface area contributed by atoms with Gasteiger partial charge in [-0.05, 0) is 32.3 Å². The average molecular weight is 297 g/mol. The third-order valence-corrected chi connectivity index (χ3v) is 5.32. The number of nitriles is 1. The fourth-order valence-corrected chi connectivity index (χ4v) is 3.83. The van der Waals surface area contributed by atoms with Crippen LogP contribution in [0.2, 0.25) is 0 Å². The van der Waals surface area contributed by atoms with E-state index in [1.165, 1.54) is 4.88 Å². The van der Waals surface area contributed by atoms with Crippen LogP contribution in [-0.4, -0.2) is 11.0 Å². The van der Waals surface area contributed by atoms with E-state index < -0.39 is 0 Å². The predicted molar refractivity (Wildman–Crippen MR) is 85.2 cm³/mol. The number of aromatic nitrogens is 1. The molecule has 0 spiro atoms. The molecule has 0 amide bonds. The Kier molecular flexibility index (Phi) is 3.79. The van der Waals surface area contributed by atoms with Crippen molar-refractivity contribution in [1.82, 2.24) is 10.3 Å². The fourth-order valence-electron chi connectivity index (χ4n) is 3.05. The highest BCUT2D eigenvalue weighted by atomic mass is 32.1. The monoisotopic (exact) mass is 297 g/mol. The second-order valence-corrected chi connectivity index (χ2v) is 7.13. The van der Waals surface area contributed by atoms with Gasteiger partial charge in [0.1, 0.15) is 5.01 Å². The van der Waals surface area contributed by atoms with Crippen molar-refractivity contribution in [2.75, 3.05) is 0 Å². The molecule has 1 atom stereocenters. The molecule has 3 rings (SSSR count). The molecule has 0 aliphatic heterocycles. The Morgan fingerprint density at radius 3 is 2.67 bits per heavy atom. The van der Waals surface area contributed by atoms with E-state index in [4.69, 9.17) is 0 Å². The first kappa shape index (κ1) is 14.2. The number of benzene rings is 1. The molecule has 3 nitrogen and oxygen atoms in total. The Labute approximate surface area is 129 Å². The number of nitrogens with zero attached hydrogens (tertiary/aromatic N) is 2. The number of rotatable bonds is 4. The molecule has 1 unspecified atom stereocenters. The molecule has 1 heterocycles. The van der Waals surface area contributed by atoms with Gasteiger partial charge in [0.25, 0.3) is 0 Å². The van der Waals surface area contributed by atoms with Gasteiger partial charge in [0.15, 0.2) is 0 Å². The van der Waals surface area contributed by atoms with Crippen molar-refractivity contribution in [2.45, 2.75) is 44.2 Å². The lowest BCUT2D eigenvalue weighted by Crippen LogP contribution is -2.51. The molecule has 108 valence electrons. The molecule has 21 heavy (non-hydrogen) atoms. The van der Waals surface area contributed by atoms with E-state index in [2.05, 4.69) is 42.4 Å². The maximum absolute atomic E-state index is 9.57. The van der Waals surface area contributed by atoms with Crippen LogP contribution in [0.5, 0.6) is 0 Å². The minimum atomic E-state index is -0.308. The van der Waals surface area contributed by atoms with E-state index >= 15 is 0 Å². The molecule has 1 aliphatic rings. The summed E-state index contributed by atoms with van der Waals surface area (Å²) in [4.78, 5) is 5.67. The van der Waals surface area contributed by atoms with E-state index in [0.29, 0.717) is 6.04 Å². The Morgan fingerprint density at radius 1 is 1.38 bits per heavy atom. The summed E-state index contributed by atoms with van der Waals surface area (Å²) in [6.07, 6.45) is 3.67. The van der Waals surface area contributed by atoms with E-state index in [0.717, 1.165) is 23.4 Å². The van der Waals surface area contributed by atoms with Crippen molar-refractivity contribution in [2.24, 2.45) is 0 Å². The molecule has 1 N–H and O–H groups in total. The number of nitrogens with one attached hydrogen (secondary N) is 1. The number of aryl methyl sites for hydroxylation is 1. The van der Waals surface area contributed by atoms with E-state index in [1.807, 2.05) is 24.4 Å². The van der Waals surface area contributed by atoms with E-state index in [1.54, 1.807) is 11.3 Å². The van der Waals surface area contributed by atoms with Crippen molar-refractivity contribution in [3.05, 3.63) is 52.0 Å². The normalized spacial score (nSPS) is 25.9. The van der Waals surface area contributed by atoms with Crippen LogP contribution in [0.3, 0.4) is 0 Å². The minimum Gasteiger partial charge on any atom is -0.305 e. The van der Waals surface area contributed by atoms with Gasteiger partial charge in [0, 0.05) is 17.1 Å². The lowest BCUT2D eigenvalue weighted by molar-refractivity contribution is 0.212. The van der Waals surface area contributed by atoms with E-state index in [-0.39, 0.29) is 11.5 Å². The molecular weight excluding hydrogens is 278 g/mol. The number of hydrogen-bond acceptors (Lipinski definition) is 4. The molecule has 1 fully saturated rings. The van der Waals surface area contributed by atoms with Crippen LogP contribution in [0.4, 0.5) is 0 Å². The Hall–Kier alpha value is -1.70. The van der Waals surface area contributed by atoms with Gasteiger partial charge in [-0.15, -0.1) is 11.3 Å². The molecule has 1 aromatic carbocycles. The summed E-state index contributed by atoms with van der Waals surface area (Å²) in [5.74, 6) is 0. The quantitative estimate of drug-likeness (QED) is 0.935.